The number of benzene rings is 1. The van der Waals surface area contributed by atoms with Gasteiger partial charge in [0.1, 0.15) is 0 Å². The van der Waals surface area contributed by atoms with Crippen molar-refractivity contribution in [1.82, 2.24) is 10.1 Å². The van der Waals surface area contributed by atoms with E-state index in [1.165, 1.54) is 0 Å². The molecule has 0 fully saturated rings. The fraction of sp³-hybridized carbons (Fsp3) is 0.385. The third-order valence-corrected chi connectivity index (χ3v) is 2.79. The number of hydrogen-bond donors (Lipinski definition) is 1. The van der Waals surface area contributed by atoms with E-state index in [0.717, 1.165) is 5.56 Å². The second kappa shape index (κ2) is 5.08. The third-order valence-electron chi connectivity index (χ3n) is 2.42. The first-order valence-electron chi connectivity index (χ1n) is 5.78. The van der Waals surface area contributed by atoms with Crippen LogP contribution in [-0.4, -0.2) is 15.7 Å². The first kappa shape index (κ1) is 13.1. The van der Waals surface area contributed by atoms with Gasteiger partial charge in [-0.25, -0.2) is 0 Å². The molecule has 2 rings (SSSR count). The molecule has 1 aromatic heterocycles. The highest BCUT2D eigenvalue weighted by Gasteiger charge is 2.17. The lowest BCUT2D eigenvalue weighted by Crippen LogP contribution is -2.34. The Morgan fingerprint density at radius 2 is 2.06 bits per heavy atom. The van der Waals surface area contributed by atoms with E-state index in [2.05, 4.69) is 10.1 Å². The zero-order chi connectivity index (χ0) is 13.2. The summed E-state index contributed by atoms with van der Waals surface area (Å²) in [6.45, 7) is 3.84. The summed E-state index contributed by atoms with van der Waals surface area (Å²) < 4.78 is 5.17. The van der Waals surface area contributed by atoms with Crippen molar-refractivity contribution in [2.75, 3.05) is 0 Å². The summed E-state index contributed by atoms with van der Waals surface area (Å²) in [6.07, 6.45) is 1.12. The van der Waals surface area contributed by atoms with E-state index in [9.17, 15) is 0 Å². The van der Waals surface area contributed by atoms with Crippen molar-refractivity contribution in [2.24, 2.45) is 5.73 Å². The van der Waals surface area contributed by atoms with Gasteiger partial charge in [-0.3, -0.25) is 0 Å². The van der Waals surface area contributed by atoms with Gasteiger partial charge < -0.3 is 10.3 Å². The Labute approximate surface area is 111 Å². The lowest BCUT2D eigenvalue weighted by molar-refractivity contribution is 0.345. The topological polar surface area (TPSA) is 64.9 Å². The first-order chi connectivity index (χ1) is 8.44. The molecule has 0 spiro atoms. The lowest BCUT2D eigenvalue weighted by Gasteiger charge is -2.14. The highest BCUT2D eigenvalue weighted by molar-refractivity contribution is 6.31. The van der Waals surface area contributed by atoms with Crippen molar-refractivity contribution in [2.45, 2.75) is 32.2 Å². The minimum atomic E-state index is -0.353. The van der Waals surface area contributed by atoms with Gasteiger partial charge in [0.25, 0.3) is 0 Å². The number of nitrogens with zero attached hydrogens (tertiary/aromatic N) is 2. The minimum absolute atomic E-state index is 0.353. The van der Waals surface area contributed by atoms with Gasteiger partial charge in [0, 0.05) is 23.4 Å². The van der Waals surface area contributed by atoms with E-state index in [-0.39, 0.29) is 5.54 Å². The number of halogens is 1. The van der Waals surface area contributed by atoms with E-state index in [0.29, 0.717) is 29.6 Å². The Kier molecular flexibility index (Phi) is 3.68. The Balaban J connectivity index is 2.10. The molecule has 0 aliphatic heterocycles. The van der Waals surface area contributed by atoms with Crippen LogP contribution in [0.25, 0.3) is 0 Å². The predicted molar refractivity (Wildman–Crippen MR) is 70.5 cm³/mol. The maximum atomic E-state index is 6.08. The Morgan fingerprint density at radius 3 is 2.72 bits per heavy atom. The van der Waals surface area contributed by atoms with Crippen molar-refractivity contribution in [3.8, 4) is 0 Å². The highest BCUT2D eigenvalue weighted by Crippen LogP contribution is 2.18. The molecule has 0 saturated carbocycles. The van der Waals surface area contributed by atoms with Gasteiger partial charge in [0.05, 0.1) is 0 Å². The molecule has 2 aromatic rings. The smallest absolute Gasteiger partial charge is 0.228 e. The molecule has 0 bridgehead atoms. The van der Waals surface area contributed by atoms with Crippen molar-refractivity contribution < 1.29 is 4.52 Å². The van der Waals surface area contributed by atoms with Gasteiger partial charge in [0.15, 0.2) is 5.82 Å². The van der Waals surface area contributed by atoms with Gasteiger partial charge in [-0.1, -0.05) is 35.0 Å². The molecular weight excluding hydrogens is 250 g/mol. The van der Waals surface area contributed by atoms with Crippen LogP contribution in [0, 0.1) is 0 Å². The minimum Gasteiger partial charge on any atom is -0.339 e. The van der Waals surface area contributed by atoms with E-state index in [1.54, 1.807) is 0 Å². The molecule has 1 heterocycles. The standard InChI is InChI=1S/C13H16ClN3O/c1-13(2,15)8-12-16-11(17-18-12)7-9-5-3-4-6-10(9)14/h3-6H,7-8,15H2,1-2H3. The van der Waals surface area contributed by atoms with E-state index in [4.69, 9.17) is 21.9 Å². The Hall–Kier alpha value is -1.39. The second-order valence-electron chi connectivity index (χ2n) is 5.04. The van der Waals surface area contributed by atoms with Gasteiger partial charge >= 0.3 is 0 Å². The van der Waals surface area contributed by atoms with Gasteiger partial charge in [-0.2, -0.15) is 4.98 Å². The van der Waals surface area contributed by atoms with Crippen LogP contribution in [0.4, 0.5) is 0 Å². The largest absolute Gasteiger partial charge is 0.339 e. The quantitative estimate of drug-likeness (QED) is 0.923. The maximum absolute atomic E-state index is 6.08. The van der Waals surface area contributed by atoms with E-state index >= 15 is 0 Å². The molecule has 2 N–H and O–H groups in total. The van der Waals surface area contributed by atoms with Gasteiger partial charge in [0.2, 0.25) is 5.89 Å². The number of aromatic nitrogens is 2. The lowest BCUT2D eigenvalue weighted by atomic mass is 10.0. The van der Waals surface area contributed by atoms with Crippen LogP contribution < -0.4 is 5.73 Å². The van der Waals surface area contributed by atoms with Crippen LogP contribution in [0.2, 0.25) is 5.02 Å². The summed E-state index contributed by atoms with van der Waals surface area (Å²) in [6, 6.07) is 7.63. The van der Waals surface area contributed by atoms with Crippen LogP contribution in [0.15, 0.2) is 28.8 Å². The molecule has 0 unspecified atom stereocenters. The average molecular weight is 266 g/mol. The van der Waals surface area contributed by atoms with Crippen LogP contribution in [-0.2, 0) is 12.8 Å². The molecule has 4 nitrogen and oxygen atoms in total. The fourth-order valence-corrected chi connectivity index (χ4v) is 1.84. The molecule has 18 heavy (non-hydrogen) atoms. The summed E-state index contributed by atoms with van der Waals surface area (Å²) in [7, 11) is 0. The molecule has 96 valence electrons. The summed E-state index contributed by atoms with van der Waals surface area (Å²) in [5, 5.41) is 4.65. The summed E-state index contributed by atoms with van der Waals surface area (Å²) >= 11 is 6.08. The molecule has 0 radical (unpaired) electrons. The molecule has 0 amide bonds. The number of rotatable bonds is 4. The summed E-state index contributed by atoms with van der Waals surface area (Å²) in [5.41, 5.74) is 6.54. The molecule has 5 heteroatoms. The van der Waals surface area contributed by atoms with E-state index in [1.807, 2.05) is 38.1 Å². The monoisotopic (exact) mass is 265 g/mol. The van der Waals surface area contributed by atoms with Crippen molar-refractivity contribution >= 4 is 11.6 Å². The van der Waals surface area contributed by atoms with Crippen molar-refractivity contribution in [1.29, 1.82) is 0 Å². The van der Waals surface area contributed by atoms with Crippen LogP contribution in [0.3, 0.4) is 0 Å². The van der Waals surface area contributed by atoms with Gasteiger partial charge in [-0.05, 0) is 25.5 Å². The molecular formula is C13H16ClN3O. The van der Waals surface area contributed by atoms with Crippen LogP contribution in [0.1, 0.15) is 31.1 Å². The highest BCUT2D eigenvalue weighted by atomic mass is 35.5. The molecule has 1 aromatic carbocycles. The van der Waals surface area contributed by atoms with E-state index < -0.39 is 0 Å². The maximum Gasteiger partial charge on any atom is 0.228 e. The second-order valence-corrected chi connectivity index (χ2v) is 5.45. The van der Waals surface area contributed by atoms with Crippen molar-refractivity contribution in [3.63, 3.8) is 0 Å². The third kappa shape index (κ3) is 3.55. The molecule has 0 aliphatic rings. The normalized spacial score (nSPS) is 11.8. The molecule has 0 atom stereocenters. The SMILES string of the molecule is CC(C)(N)Cc1nc(Cc2ccccc2Cl)no1. The van der Waals surface area contributed by atoms with Crippen LogP contribution >= 0.6 is 11.6 Å². The Morgan fingerprint density at radius 1 is 1.33 bits per heavy atom. The fourth-order valence-electron chi connectivity index (χ4n) is 1.64. The van der Waals surface area contributed by atoms with Gasteiger partial charge in [-0.15, -0.1) is 0 Å². The zero-order valence-electron chi connectivity index (χ0n) is 10.5. The summed E-state index contributed by atoms with van der Waals surface area (Å²) in [4.78, 5) is 4.32. The number of hydrogen-bond acceptors (Lipinski definition) is 4. The molecule has 0 saturated heterocycles. The van der Waals surface area contributed by atoms with Crippen LogP contribution in [0.5, 0.6) is 0 Å². The number of nitrogens with two attached hydrogens (primary N) is 1. The van der Waals surface area contributed by atoms with Crippen molar-refractivity contribution in [3.05, 3.63) is 46.6 Å². The zero-order valence-corrected chi connectivity index (χ0v) is 11.2. The Bertz CT molecular complexity index is 531. The first-order valence-corrected chi connectivity index (χ1v) is 6.15. The average Bonchev–Trinajstić information content (AvgIpc) is 2.66. The predicted octanol–water partition coefficient (Wildman–Crippen LogP) is 2.59. The summed E-state index contributed by atoms with van der Waals surface area (Å²) in [5.74, 6) is 1.19. The molecule has 0 aliphatic carbocycles.